The average Bonchev–Trinajstić information content (AvgIpc) is 2.77. The molecule has 0 radical (unpaired) electrons. The number of morpholine rings is 1. The van der Waals surface area contributed by atoms with Gasteiger partial charge in [0.1, 0.15) is 6.61 Å². The molecule has 12 heteroatoms. The number of urea groups is 1. The minimum atomic E-state index is -4.89. The van der Waals surface area contributed by atoms with Crippen LogP contribution >= 0.6 is 0 Å². The van der Waals surface area contributed by atoms with Gasteiger partial charge in [-0.05, 0) is 49.3 Å². The summed E-state index contributed by atoms with van der Waals surface area (Å²) in [7, 11) is 0. The number of hydrogen-bond acceptors (Lipinski definition) is 3. The molecule has 1 N–H and O–H groups in total. The van der Waals surface area contributed by atoms with Crippen molar-refractivity contribution in [1.29, 1.82) is 0 Å². The first-order chi connectivity index (χ1) is 15.9. The fourth-order valence-electron chi connectivity index (χ4n) is 4.91. The molecule has 3 fully saturated rings. The quantitative estimate of drug-likeness (QED) is 0.640. The summed E-state index contributed by atoms with van der Waals surface area (Å²) in [4.78, 5) is 27.8. The molecule has 0 saturated carbocycles. The van der Waals surface area contributed by atoms with E-state index < -0.39 is 23.5 Å². The van der Waals surface area contributed by atoms with E-state index in [1.165, 1.54) is 0 Å². The van der Waals surface area contributed by atoms with Crippen molar-refractivity contribution in [3.63, 3.8) is 0 Å². The van der Waals surface area contributed by atoms with Crippen molar-refractivity contribution in [3.05, 3.63) is 34.9 Å². The molecule has 188 valence electrons. The van der Waals surface area contributed by atoms with E-state index in [1.807, 2.05) is 0 Å². The number of ether oxygens (including phenoxy) is 1. The maximum Gasteiger partial charge on any atom is 0.416 e. The Hall–Kier alpha value is -2.50. The minimum absolute atomic E-state index is 0.00809. The SMILES string of the molecule is O=C1CO[C@H]2CCN(C(=O)N3CCC(Cc4ccc(C(F)(F)F)cc4C(F)(F)F)CC3)C[C@H]2N1. The van der Waals surface area contributed by atoms with Gasteiger partial charge in [-0.15, -0.1) is 0 Å². The van der Waals surface area contributed by atoms with Gasteiger partial charge in [-0.2, -0.15) is 26.3 Å². The third-order valence-corrected chi connectivity index (χ3v) is 6.73. The number of carbonyl (C=O) groups excluding carboxylic acids is 2. The van der Waals surface area contributed by atoms with Gasteiger partial charge in [-0.1, -0.05) is 6.07 Å². The average molecular weight is 493 g/mol. The molecular formula is C22H25F6N3O3. The molecule has 3 aliphatic rings. The highest BCUT2D eigenvalue weighted by Gasteiger charge is 2.40. The second-order valence-electron chi connectivity index (χ2n) is 9.04. The number of carbonyl (C=O) groups is 2. The highest BCUT2D eigenvalue weighted by molar-refractivity contribution is 5.79. The number of piperidine rings is 2. The van der Waals surface area contributed by atoms with Crippen LogP contribution in [0, 0.1) is 5.92 Å². The summed E-state index contributed by atoms with van der Waals surface area (Å²) in [5.41, 5.74) is -2.76. The fourth-order valence-corrected chi connectivity index (χ4v) is 4.91. The molecule has 3 heterocycles. The Kier molecular flexibility index (Phi) is 6.71. The summed E-state index contributed by atoms with van der Waals surface area (Å²) in [6.45, 7) is 1.52. The van der Waals surface area contributed by atoms with Crippen LogP contribution in [0.4, 0.5) is 31.1 Å². The lowest BCUT2D eigenvalue weighted by Gasteiger charge is -2.43. The highest BCUT2D eigenvalue weighted by Crippen LogP contribution is 2.38. The van der Waals surface area contributed by atoms with Gasteiger partial charge < -0.3 is 19.9 Å². The molecule has 0 aromatic heterocycles. The third-order valence-electron chi connectivity index (χ3n) is 6.73. The molecule has 2 atom stereocenters. The maximum absolute atomic E-state index is 13.4. The van der Waals surface area contributed by atoms with Crippen molar-refractivity contribution in [2.45, 2.75) is 50.2 Å². The summed E-state index contributed by atoms with van der Waals surface area (Å²) in [5, 5.41) is 2.83. The molecule has 34 heavy (non-hydrogen) atoms. The molecule has 4 rings (SSSR count). The monoisotopic (exact) mass is 493 g/mol. The van der Waals surface area contributed by atoms with E-state index in [-0.39, 0.29) is 54.7 Å². The Bertz CT molecular complexity index is 927. The Morgan fingerprint density at radius 3 is 2.32 bits per heavy atom. The first-order valence-electron chi connectivity index (χ1n) is 11.1. The van der Waals surface area contributed by atoms with E-state index in [0.29, 0.717) is 51.5 Å². The smallest absolute Gasteiger partial charge is 0.366 e. The Labute approximate surface area is 192 Å². The van der Waals surface area contributed by atoms with Gasteiger partial charge in [-0.25, -0.2) is 4.79 Å². The largest absolute Gasteiger partial charge is 0.416 e. The number of alkyl halides is 6. The van der Waals surface area contributed by atoms with E-state index >= 15 is 0 Å². The predicted molar refractivity (Wildman–Crippen MR) is 108 cm³/mol. The van der Waals surface area contributed by atoms with Crippen LogP contribution in [-0.2, 0) is 28.3 Å². The van der Waals surface area contributed by atoms with Crippen LogP contribution in [0.2, 0.25) is 0 Å². The summed E-state index contributed by atoms with van der Waals surface area (Å²) >= 11 is 0. The van der Waals surface area contributed by atoms with Crippen LogP contribution in [0.5, 0.6) is 0 Å². The first kappa shape index (κ1) is 24.6. The van der Waals surface area contributed by atoms with Crippen LogP contribution in [0.25, 0.3) is 0 Å². The normalized spacial score (nSPS) is 24.6. The Morgan fingerprint density at radius 1 is 1.00 bits per heavy atom. The van der Waals surface area contributed by atoms with Crippen molar-refractivity contribution in [3.8, 4) is 0 Å². The summed E-state index contributed by atoms with van der Waals surface area (Å²) in [6, 6.07) is 1.30. The molecule has 6 nitrogen and oxygen atoms in total. The number of benzene rings is 1. The molecule has 0 aliphatic carbocycles. The molecule has 3 aliphatic heterocycles. The van der Waals surface area contributed by atoms with Crippen LogP contribution in [-0.4, -0.2) is 66.7 Å². The molecule has 0 bridgehead atoms. The maximum atomic E-state index is 13.4. The second-order valence-corrected chi connectivity index (χ2v) is 9.04. The molecule has 0 spiro atoms. The second kappa shape index (κ2) is 9.27. The van der Waals surface area contributed by atoms with Crippen LogP contribution < -0.4 is 5.32 Å². The fraction of sp³-hybridized carbons (Fsp3) is 0.636. The Morgan fingerprint density at radius 2 is 1.68 bits per heavy atom. The van der Waals surface area contributed by atoms with Gasteiger partial charge in [0.2, 0.25) is 5.91 Å². The highest BCUT2D eigenvalue weighted by atomic mass is 19.4. The lowest BCUT2D eigenvalue weighted by molar-refractivity contribution is -0.143. The van der Waals surface area contributed by atoms with Gasteiger partial charge in [0.25, 0.3) is 0 Å². The lowest BCUT2D eigenvalue weighted by Crippen LogP contribution is -2.62. The number of fused-ring (bicyclic) bond motifs is 1. The van der Waals surface area contributed by atoms with Crippen LogP contribution in [0.1, 0.15) is 36.0 Å². The summed E-state index contributed by atoms with van der Waals surface area (Å²) < 4.78 is 84.4. The number of halogens is 6. The van der Waals surface area contributed by atoms with E-state index in [4.69, 9.17) is 4.74 Å². The van der Waals surface area contributed by atoms with E-state index in [1.54, 1.807) is 9.80 Å². The predicted octanol–water partition coefficient (Wildman–Crippen LogP) is 3.69. The van der Waals surface area contributed by atoms with Gasteiger partial charge in [0, 0.05) is 26.2 Å². The van der Waals surface area contributed by atoms with Gasteiger partial charge >= 0.3 is 18.4 Å². The molecule has 3 saturated heterocycles. The molecule has 1 aromatic rings. The number of nitrogens with one attached hydrogen (secondary N) is 1. The minimum Gasteiger partial charge on any atom is -0.366 e. The Balaban J connectivity index is 1.35. The zero-order chi connectivity index (χ0) is 24.7. The zero-order valence-electron chi connectivity index (χ0n) is 18.2. The van der Waals surface area contributed by atoms with Crippen molar-refractivity contribution in [1.82, 2.24) is 15.1 Å². The topological polar surface area (TPSA) is 61.9 Å². The van der Waals surface area contributed by atoms with Crippen LogP contribution in [0.15, 0.2) is 18.2 Å². The number of amides is 3. The van der Waals surface area contributed by atoms with Crippen molar-refractivity contribution < 1.29 is 40.7 Å². The van der Waals surface area contributed by atoms with E-state index in [0.717, 1.165) is 6.07 Å². The summed E-state index contributed by atoms with van der Waals surface area (Å²) in [5.74, 6) is -0.406. The standard InChI is InChI=1S/C22H25F6N3O3/c23-21(24,25)15-2-1-14(16(10-15)22(26,27)28)9-13-3-6-30(7-4-13)20(33)31-8-5-18-17(11-31)29-19(32)12-34-18/h1-2,10,13,17-18H,3-9,11-12H2,(H,29,32)/t17-,18+/m1/s1. The lowest BCUT2D eigenvalue weighted by atomic mass is 9.87. The van der Waals surface area contributed by atoms with Gasteiger partial charge in [0.05, 0.1) is 23.3 Å². The molecule has 3 amide bonds. The van der Waals surface area contributed by atoms with Crippen molar-refractivity contribution in [2.75, 3.05) is 32.8 Å². The van der Waals surface area contributed by atoms with Gasteiger partial charge in [0.15, 0.2) is 0 Å². The van der Waals surface area contributed by atoms with Crippen molar-refractivity contribution in [2.24, 2.45) is 5.92 Å². The molecule has 1 aromatic carbocycles. The number of rotatable bonds is 2. The van der Waals surface area contributed by atoms with E-state index in [2.05, 4.69) is 5.32 Å². The third kappa shape index (κ3) is 5.42. The van der Waals surface area contributed by atoms with Crippen LogP contribution in [0.3, 0.4) is 0 Å². The van der Waals surface area contributed by atoms with E-state index in [9.17, 15) is 35.9 Å². The first-order valence-corrected chi connectivity index (χ1v) is 11.1. The number of hydrogen-bond donors (Lipinski definition) is 1. The number of nitrogens with zero attached hydrogens (tertiary/aromatic N) is 2. The molecular weight excluding hydrogens is 468 g/mol. The number of likely N-dealkylation sites (tertiary alicyclic amines) is 2. The van der Waals surface area contributed by atoms with Gasteiger partial charge in [-0.3, -0.25) is 4.79 Å². The zero-order valence-corrected chi connectivity index (χ0v) is 18.2. The molecule has 0 unspecified atom stereocenters. The van der Waals surface area contributed by atoms with Crippen molar-refractivity contribution >= 4 is 11.9 Å². The summed E-state index contributed by atoms with van der Waals surface area (Å²) in [6.07, 6.45) is -8.39.